The van der Waals surface area contributed by atoms with Crippen molar-refractivity contribution in [3.63, 3.8) is 0 Å². The van der Waals surface area contributed by atoms with E-state index in [9.17, 15) is 0 Å². The number of fused-ring (bicyclic) bond motifs is 1. The van der Waals surface area contributed by atoms with Gasteiger partial charge in [-0.15, -0.1) is 0 Å². The molecule has 3 aromatic rings. The molecule has 0 saturated heterocycles. The molecule has 4 heteroatoms. The van der Waals surface area contributed by atoms with Crippen molar-refractivity contribution in [3.8, 4) is 0 Å². The van der Waals surface area contributed by atoms with Crippen molar-refractivity contribution in [1.82, 2.24) is 10.4 Å². The van der Waals surface area contributed by atoms with Gasteiger partial charge < -0.3 is 4.42 Å². The Morgan fingerprint density at radius 2 is 2.05 bits per heavy atom. The summed E-state index contributed by atoms with van der Waals surface area (Å²) >= 11 is 0. The van der Waals surface area contributed by atoms with Crippen LogP contribution < -0.4 is 11.3 Å². The standard InChI is InChI=1S/C16H17N3O/c1-11-8-9-20-16(11)15(19-17)10-13-7-6-12-4-2-3-5-14(12)18-13/h2-9,15,19H,10,17H2,1H3. The fraction of sp³-hybridized carbons (Fsp3) is 0.188. The lowest BCUT2D eigenvalue weighted by atomic mass is 10.1. The maximum atomic E-state index is 5.66. The van der Waals surface area contributed by atoms with Crippen molar-refractivity contribution in [1.29, 1.82) is 0 Å². The fourth-order valence-electron chi connectivity index (χ4n) is 2.40. The number of hydrogen-bond acceptors (Lipinski definition) is 4. The lowest BCUT2D eigenvalue weighted by Crippen LogP contribution is -2.30. The highest BCUT2D eigenvalue weighted by atomic mass is 16.3. The molecule has 1 unspecified atom stereocenters. The molecule has 0 fully saturated rings. The molecule has 0 radical (unpaired) electrons. The molecule has 4 nitrogen and oxygen atoms in total. The van der Waals surface area contributed by atoms with Gasteiger partial charge in [-0.05, 0) is 30.7 Å². The number of furan rings is 1. The third kappa shape index (κ3) is 2.43. The minimum absolute atomic E-state index is 0.0707. The van der Waals surface area contributed by atoms with E-state index >= 15 is 0 Å². The Kier molecular flexibility index (Phi) is 3.50. The van der Waals surface area contributed by atoms with Crippen LogP contribution in [0.4, 0.5) is 0 Å². The van der Waals surface area contributed by atoms with E-state index in [0.717, 1.165) is 27.9 Å². The second-order valence-corrected chi connectivity index (χ2v) is 4.89. The second kappa shape index (κ2) is 5.45. The average Bonchev–Trinajstić information content (AvgIpc) is 2.91. The van der Waals surface area contributed by atoms with Gasteiger partial charge in [0.05, 0.1) is 17.8 Å². The topological polar surface area (TPSA) is 64.1 Å². The van der Waals surface area contributed by atoms with Gasteiger partial charge in [-0.3, -0.25) is 10.8 Å². The zero-order chi connectivity index (χ0) is 13.9. The Balaban J connectivity index is 1.89. The van der Waals surface area contributed by atoms with Crippen LogP contribution in [-0.2, 0) is 6.42 Å². The maximum Gasteiger partial charge on any atom is 0.125 e. The van der Waals surface area contributed by atoms with Crippen LogP contribution in [0.5, 0.6) is 0 Å². The molecule has 0 aliphatic heterocycles. The Bertz CT molecular complexity index is 720. The highest BCUT2D eigenvalue weighted by Crippen LogP contribution is 2.22. The zero-order valence-corrected chi connectivity index (χ0v) is 11.3. The van der Waals surface area contributed by atoms with Crippen molar-refractivity contribution in [2.75, 3.05) is 0 Å². The number of benzene rings is 1. The molecule has 1 aromatic carbocycles. The first kappa shape index (κ1) is 12.8. The third-order valence-corrected chi connectivity index (χ3v) is 3.49. The summed E-state index contributed by atoms with van der Waals surface area (Å²) in [6, 6.07) is 14.1. The smallest absolute Gasteiger partial charge is 0.125 e. The summed E-state index contributed by atoms with van der Waals surface area (Å²) in [7, 11) is 0. The molecule has 1 atom stereocenters. The summed E-state index contributed by atoms with van der Waals surface area (Å²) in [6.45, 7) is 2.01. The highest BCUT2D eigenvalue weighted by Gasteiger charge is 2.17. The number of nitrogens with zero attached hydrogens (tertiary/aromatic N) is 1. The molecule has 0 aliphatic carbocycles. The van der Waals surface area contributed by atoms with E-state index in [4.69, 9.17) is 10.3 Å². The first-order valence-electron chi connectivity index (χ1n) is 6.62. The maximum absolute atomic E-state index is 5.66. The number of aryl methyl sites for hydroxylation is 1. The molecular formula is C16H17N3O. The van der Waals surface area contributed by atoms with Gasteiger partial charge in [-0.2, -0.15) is 0 Å². The van der Waals surface area contributed by atoms with E-state index in [0.29, 0.717) is 6.42 Å². The molecule has 2 aromatic heterocycles. The third-order valence-electron chi connectivity index (χ3n) is 3.49. The number of para-hydroxylation sites is 1. The van der Waals surface area contributed by atoms with Gasteiger partial charge in [0.25, 0.3) is 0 Å². The number of aromatic nitrogens is 1. The highest BCUT2D eigenvalue weighted by molar-refractivity contribution is 5.78. The monoisotopic (exact) mass is 267 g/mol. The van der Waals surface area contributed by atoms with Crippen LogP contribution in [0.25, 0.3) is 10.9 Å². The van der Waals surface area contributed by atoms with Crippen LogP contribution in [-0.4, -0.2) is 4.98 Å². The molecule has 0 saturated carbocycles. The molecular weight excluding hydrogens is 250 g/mol. The normalized spacial score (nSPS) is 12.7. The number of nitrogens with one attached hydrogen (secondary N) is 1. The first-order valence-corrected chi connectivity index (χ1v) is 6.62. The number of hydrazine groups is 1. The van der Waals surface area contributed by atoms with Gasteiger partial charge in [-0.25, -0.2) is 5.43 Å². The van der Waals surface area contributed by atoms with Gasteiger partial charge >= 0.3 is 0 Å². The van der Waals surface area contributed by atoms with Crippen molar-refractivity contribution < 1.29 is 4.42 Å². The zero-order valence-electron chi connectivity index (χ0n) is 11.3. The van der Waals surface area contributed by atoms with Gasteiger partial charge in [0.1, 0.15) is 5.76 Å². The molecule has 102 valence electrons. The summed E-state index contributed by atoms with van der Waals surface area (Å²) < 4.78 is 5.51. The molecule has 20 heavy (non-hydrogen) atoms. The van der Waals surface area contributed by atoms with E-state index in [-0.39, 0.29) is 6.04 Å². The van der Waals surface area contributed by atoms with E-state index in [1.165, 1.54) is 0 Å². The Morgan fingerprint density at radius 3 is 2.80 bits per heavy atom. The van der Waals surface area contributed by atoms with E-state index in [1.54, 1.807) is 6.26 Å². The van der Waals surface area contributed by atoms with Crippen molar-refractivity contribution in [2.45, 2.75) is 19.4 Å². The minimum Gasteiger partial charge on any atom is -0.467 e. The van der Waals surface area contributed by atoms with Crippen LogP contribution >= 0.6 is 0 Å². The predicted octanol–water partition coefficient (Wildman–Crippen LogP) is 2.88. The Labute approximate surface area is 117 Å². The molecule has 3 rings (SSSR count). The quantitative estimate of drug-likeness (QED) is 0.563. The molecule has 0 bridgehead atoms. The molecule has 0 amide bonds. The second-order valence-electron chi connectivity index (χ2n) is 4.89. The summed E-state index contributed by atoms with van der Waals surface area (Å²) in [6.07, 6.45) is 2.37. The van der Waals surface area contributed by atoms with Crippen LogP contribution in [0, 0.1) is 6.92 Å². The molecule has 3 N–H and O–H groups in total. The number of rotatable bonds is 4. The van der Waals surface area contributed by atoms with E-state index in [1.807, 2.05) is 37.3 Å². The Morgan fingerprint density at radius 1 is 1.20 bits per heavy atom. The SMILES string of the molecule is Cc1ccoc1C(Cc1ccc2ccccc2n1)NN. The summed E-state index contributed by atoms with van der Waals surface area (Å²) in [4.78, 5) is 4.67. The van der Waals surface area contributed by atoms with Crippen LogP contribution in [0.3, 0.4) is 0 Å². The molecule has 0 aliphatic rings. The minimum atomic E-state index is -0.0707. The largest absolute Gasteiger partial charge is 0.467 e. The predicted molar refractivity (Wildman–Crippen MR) is 79.0 cm³/mol. The number of nitrogens with two attached hydrogens (primary N) is 1. The molecule has 0 spiro atoms. The van der Waals surface area contributed by atoms with Crippen LogP contribution in [0.2, 0.25) is 0 Å². The fourth-order valence-corrected chi connectivity index (χ4v) is 2.40. The van der Waals surface area contributed by atoms with E-state index in [2.05, 4.69) is 22.5 Å². The summed E-state index contributed by atoms with van der Waals surface area (Å²) in [5.41, 5.74) is 5.89. The van der Waals surface area contributed by atoms with Crippen LogP contribution in [0.1, 0.15) is 23.1 Å². The van der Waals surface area contributed by atoms with E-state index < -0.39 is 0 Å². The van der Waals surface area contributed by atoms with Gasteiger partial charge in [0.15, 0.2) is 0 Å². The van der Waals surface area contributed by atoms with Crippen LogP contribution in [0.15, 0.2) is 53.1 Å². The lowest BCUT2D eigenvalue weighted by molar-refractivity contribution is 0.411. The number of hydrogen-bond donors (Lipinski definition) is 2. The summed E-state index contributed by atoms with van der Waals surface area (Å²) in [5, 5.41) is 1.14. The van der Waals surface area contributed by atoms with Gasteiger partial charge in [-0.1, -0.05) is 24.3 Å². The lowest BCUT2D eigenvalue weighted by Gasteiger charge is -2.14. The van der Waals surface area contributed by atoms with Gasteiger partial charge in [0.2, 0.25) is 0 Å². The first-order chi connectivity index (χ1) is 9.78. The van der Waals surface area contributed by atoms with Crippen molar-refractivity contribution in [3.05, 3.63) is 65.7 Å². The Hall–Kier alpha value is -2.17. The van der Waals surface area contributed by atoms with Crippen molar-refractivity contribution in [2.24, 2.45) is 5.84 Å². The van der Waals surface area contributed by atoms with Crippen molar-refractivity contribution >= 4 is 10.9 Å². The van der Waals surface area contributed by atoms with Gasteiger partial charge in [0, 0.05) is 17.5 Å². The number of pyridine rings is 1. The summed E-state index contributed by atoms with van der Waals surface area (Å²) in [5.74, 6) is 6.52. The average molecular weight is 267 g/mol. The molecule has 2 heterocycles.